The monoisotopic (exact) mass is 301 g/mol. The van der Waals surface area contributed by atoms with Crippen LogP contribution in [-0.2, 0) is 6.54 Å². The summed E-state index contributed by atoms with van der Waals surface area (Å²) in [4.78, 5) is 0. The van der Waals surface area contributed by atoms with Crippen molar-refractivity contribution in [3.8, 4) is 5.75 Å². The van der Waals surface area contributed by atoms with Gasteiger partial charge in [0.1, 0.15) is 17.5 Å². The Bertz CT molecular complexity index is 587. The Hall–Kier alpha value is -1.81. The van der Waals surface area contributed by atoms with Crippen molar-refractivity contribution >= 4 is 0 Å². The topological polar surface area (TPSA) is 49.9 Å². The Balaban J connectivity index is 2.10. The van der Waals surface area contributed by atoms with Crippen molar-refractivity contribution in [1.29, 1.82) is 0 Å². The Morgan fingerprint density at radius 3 is 2.45 bits per heavy atom. The van der Waals surface area contributed by atoms with E-state index in [9.17, 15) is 0 Å². The fourth-order valence-corrected chi connectivity index (χ4v) is 2.47. The number of nitrogens with zero attached hydrogens (tertiary/aromatic N) is 1. The van der Waals surface area contributed by atoms with Gasteiger partial charge in [0.2, 0.25) is 0 Å². The predicted molar refractivity (Wildman–Crippen MR) is 90.3 cm³/mol. The maximum Gasteiger partial charge on any atom is 0.140 e. The zero-order valence-electron chi connectivity index (χ0n) is 14.2. The number of ether oxygens (including phenoxy) is 1. The van der Waals surface area contributed by atoms with Gasteiger partial charge in [-0.1, -0.05) is 32.9 Å². The van der Waals surface area contributed by atoms with E-state index in [1.54, 1.807) is 0 Å². The molecule has 1 heterocycles. The fraction of sp³-hybridized carbons (Fsp3) is 0.500. The number of nitrogens with one attached hydrogen (secondary N) is 2. The number of aryl methyl sites for hydroxylation is 1. The fourth-order valence-electron chi connectivity index (χ4n) is 2.47. The van der Waals surface area contributed by atoms with Crippen molar-refractivity contribution in [2.45, 2.75) is 53.2 Å². The first-order valence-corrected chi connectivity index (χ1v) is 8.04. The summed E-state index contributed by atoms with van der Waals surface area (Å²) in [5.74, 6) is 1.42. The predicted octanol–water partition coefficient (Wildman–Crippen LogP) is 4.09. The third-order valence-corrected chi connectivity index (χ3v) is 3.90. The standard InChI is InChI=1S/C18H27N3O/c1-6-19-11-17-13(4)20-21-18(17)14(5)22-16-9-7-15(8-10-16)12(2)3/h7-10,12,14,19H,6,11H2,1-5H3,(H,20,21). The molecule has 1 unspecified atom stereocenters. The van der Waals surface area contributed by atoms with E-state index in [2.05, 4.69) is 48.4 Å². The molecule has 0 aliphatic heterocycles. The first-order valence-electron chi connectivity index (χ1n) is 8.04. The molecule has 0 aliphatic carbocycles. The summed E-state index contributed by atoms with van der Waals surface area (Å²) < 4.78 is 6.06. The second-order valence-electron chi connectivity index (χ2n) is 5.98. The minimum absolute atomic E-state index is 0.0801. The molecule has 4 nitrogen and oxygen atoms in total. The molecule has 0 fully saturated rings. The van der Waals surface area contributed by atoms with Crippen LogP contribution < -0.4 is 10.1 Å². The number of rotatable bonds is 7. The molecule has 1 atom stereocenters. The minimum Gasteiger partial charge on any atom is -0.484 e. The summed E-state index contributed by atoms with van der Waals surface area (Å²) in [5.41, 5.74) is 4.60. The molecule has 1 aromatic heterocycles. The quantitative estimate of drug-likeness (QED) is 0.810. The third-order valence-electron chi connectivity index (χ3n) is 3.90. The van der Waals surface area contributed by atoms with E-state index in [0.717, 1.165) is 30.2 Å². The highest BCUT2D eigenvalue weighted by Gasteiger charge is 2.17. The minimum atomic E-state index is -0.0801. The first-order chi connectivity index (χ1) is 10.5. The van der Waals surface area contributed by atoms with Gasteiger partial charge in [-0.15, -0.1) is 0 Å². The van der Waals surface area contributed by atoms with Gasteiger partial charge in [0.15, 0.2) is 0 Å². The molecule has 0 saturated carbocycles. The van der Waals surface area contributed by atoms with Crippen molar-refractivity contribution in [2.75, 3.05) is 6.54 Å². The number of aromatic amines is 1. The Kier molecular flexibility index (Phi) is 5.61. The molecule has 2 aromatic rings. The Morgan fingerprint density at radius 2 is 1.86 bits per heavy atom. The van der Waals surface area contributed by atoms with Crippen LogP contribution in [0.3, 0.4) is 0 Å². The second-order valence-corrected chi connectivity index (χ2v) is 5.98. The van der Waals surface area contributed by atoms with E-state index in [4.69, 9.17) is 4.74 Å². The molecule has 2 rings (SSSR count). The average Bonchev–Trinajstić information content (AvgIpc) is 2.86. The molecule has 0 saturated heterocycles. The summed E-state index contributed by atoms with van der Waals surface area (Å²) in [6.45, 7) is 12.3. The molecule has 0 aliphatic rings. The van der Waals surface area contributed by atoms with Crippen LogP contribution in [0.1, 0.15) is 62.2 Å². The lowest BCUT2D eigenvalue weighted by Gasteiger charge is -2.15. The summed E-state index contributed by atoms with van der Waals surface area (Å²) in [6, 6.07) is 8.33. The van der Waals surface area contributed by atoms with Gasteiger partial charge in [0, 0.05) is 17.8 Å². The third kappa shape index (κ3) is 3.89. The van der Waals surface area contributed by atoms with E-state index in [1.807, 2.05) is 26.0 Å². The molecule has 2 N–H and O–H groups in total. The highest BCUT2D eigenvalue weighted by molar-refractivity contribution is 5.31. The molecular weight excluding hydrogens is 274 g/mol. The van der Waals surface area contributed by atoms with Crippen molar-refractivity contribution in [1.82, 2.24) is 15.5 Å². The number of benzene rings is 1. The lowest BCUT2D eigenvalue weighted by atomic mass is 10.0. The number of hydrogen-bond donors (Lipinski definition) is 2. The molecule has 0 spiro atoms. The molecule has 4 heteroatoms. The Morgan fingerprint density at radius 1 is 1.18 bits per heavy atom. The molecule has 22 heavy (non-hydrogen) atoms. The summed E-state index contributed by atoms with van der Waals surface area (Å²) in [6.07, 6.45) is -0.0801. The largest absolute Gasteiger partial charge is 0.484 e. The number of H-pyrrole nitrogens is 1. The van der Waals surface area contributed by atoms with Gasteiger partial charge in [-0.3, -0.25) is 5.10 Å². The van der Waals surface area contributed by atoms with E-state index in [-0.39, 0.29) is 6.10 Å². The van der Waals surface area contributed by atoms with Gasteiger partial charge in [-0.25, -0.2) is 0 Å². The Labute approximate surface area is 133 Å². The van der Waals surface area contributed by atoms with E-state index in [1.165, 1.54) is 11.1 Å². The average molecular weight is 301 g/mol. The molecule has 0 amide bonds. The van der Waals surface area contributed by atoms with E-state index in [0.29, 0.717) is 5.92 Å². The van der Waals surface area contributed by atoms with Crippen molar-refractivity contribution in [3.63, 3.8) is 0 Å². The molecule has 120 valence electrons. The van der Waals surface area contributed by atoms with Crippen LogP contribution >= 0.6 is 0 Å². The van der Waals surface area contributed by atoms with Crippen LogP contribution in [0.15, 0.2) is 24.3 Å². The van der Waals surface area contributed by atoms with Crippen molar-refractivity contribution in [3.05, 3.63) is 46.8 Å². The van der Waals surface area contributed by atoms with Gasteiger partial charge in [0.25, 0.3) is 0 Å². The normalized spacial score (nSPS) is 12.6. The molecule has 1 aromatic carbocycles. The zero-order chi connectivity index (χ0) is 16.1. The first kappa shape index (κ1) is 16.6. The summed E-state index contributed by atoms with van der Waals surface area (Å²) >= 11 is 0. The van der Waals surface area contributed by atoms with Crippen LogP contribution in [0.5, 0.6) is 5.75 Å². The SMILES string of the molecule is CCNCc1c(C(C)Oc2ccc(C(C)C)cc2)n[nH]c1C. The number of hydrogen-bond acceptors (Lipinski definition) is 3. The van der Waals surface area contributed by atoms with Crippen LogP contribution in [0.25, 0.3) is 0 Å². The lowest BCUT2D eigenvalue weighted by molar-refractivity contribution is 0.220. The zero-order valence-corrected chi connectivity index (χ0v) is 14.2. The van der Waals surface area contributed by atoms with Crippen LogP contribution in [0.2, 0.25) is 0 Å². The van der Waals surface area contributed by atoms with Crippen molar-refractivity contribution in [2.24, 2.45) is 0 Å². The van der Waals surface area contributed by atoms with Gasteiger partial charge in [-0.2, -0.15) is 5.10 Å². The van der Waals surface area contributed by atoms with Gasteiger partial charge < -0.3 is 10.1 Å². The van der Waals surface area contributed by atoms with E-state index < -0.39 is 0 Å². The van der Waals surface area contributed by atoms with Crippen LogP contribution in [0, 0.1) is 6.92 Å². The maximum absolute atomic E-state index is 6.06. The number of aromatic nitrogens is 2. The van der Waals surface area contributed by atoms with Crippen LogP contribution in [-0.4, -0.2) is 16.7 Å². The van der Waals surface area contributed by atoms with Gasteiger partial charge in [0.05, 0.1) is 0 Å². The van der Waals surface area contributed by atoms with Crippen molar-refractivity contribution < 1.29 is 4.74 Å². The van der Waals surface area contributed by atoms with E-state index >= 15 is 0 Å². The van der Waals surface area contributed by atoms with Gasteiger partial charge >= 0.3 is 0 Å². The molecule has 0 radical (unpaired) electrons. The second kappa shape index (κ2) is 7.45. The smallest absolute Gasteiger partial charge is 0.140 e. The summed E-state index contributed by atoms with van der Waals surface area (Å²) in [7, 11) is 0. The highest BCUT2D eigenvalue weighted by atomic mass is 16.5. The van der Waals surface area contributed by atoms with Crippen LogP contribution in [0.4, 0.5) is 0 Å². The molecule has 0 bridgehead atoms. The van der Waals surface area contributed by atoms with Gasteiger partial charge in [-0.05, 0) is 44.0 Å². The highest BCUT2D eigenvalue weighted by Crippen LogP contribution is 2.25. The lowest BCUT2D eigenvalue weighted by Crippen LogP contribution is -2.15. The summed E-state index contributed by atoms with van der Waals surface area (Å²) in [5, 5.41) is 10.8. The molecular formula is C18H27N3O. The maximum atomic E-state index is 6.06.